The van der Waals surface area contributed by atoms with Gasteiger partial charge in [-0.05, 0) is 42.4 Å². The highest BCUT2D eigenvalue weighted by Crippen LogP contribution is 2.38. The van der Waals surface area contributed by atoms with Gasteiger partial charge in [0, 0.05) is 11.6 Å². The molecule has 1 aromatic rings. The molecule has 0 heterocycles. The van der Waals surface area contributed by atoms with Gasteiger partial charge in [-0.15, -0.1) is 0 Å². The third-order valence-electron chi connectivity index (χ3n) is 4.46. The number of carbonyl (C=O) groups excluding carboxylic acids is 1. The van der Waals surface area contributed by atoms with Crippen molar-refractivity contribution in [1.29, 1.82) is 0 Å². The number of benzene rings is 1. The average Bonchev–Trinajstić information content (AvgIpc) is 2.41. The number of nitrogen functional groups attached to an aromatic ring is 1. The average molecular weight is 292 g/mol. The normalized spacial score (nSPS) is 22.9. The molecule has 116 valence electrons. The Labute approximate surface area is 126 Å². The quantitative estimate of drug-likeness (QED) is 0.816. The van der Waals surface area contributed by atoms with Gasteiger partial charge in [0.2, 0.25) is 0 Å². The third-order valence-corrected chi connectivity index (χ3v) is 4.46. The van der Waals surface area contributed by atoms with E-state index < -0.39 is 5.82 Å². The minimum atomic E-state index is -0.543. The number of nitrogens with one attached hydrogen (secondary N) is 1. The van der Waals surface area contributed by atoms with Gasteiger partial charge in [-0.1, -0.05) is 33.6 Å². The van der Waals surface area contributed by atoms with Gasteiger partial charge in [0.25, 0.3) is 5.91 Å². The van der Waals surface area contributed by atoms with Gasteiger partial charge < -0.3 is 11.1 Å². The topological polar surface area (TPSA) is 55.1 Å². The lowest BCUT2D eigenvalue weighted by Gasteiger charge is -2.40. The largest absolute Gasteiger partial charge is 0.396 e. The van der Waals surface area contributed by atoms with E-state index in [2.05, 4.69) is 26.1 Å². The molecule has 0 radical (unpaired) electrons. The van der Waals surface area contributed by atoms with Crippen LogP contribution in [0, 0.1) is 17.2 Å². The molecule has 0 spiro atoms. The molecule has 3 N–H and O–H groups in total. The summed E-state index contributed by atoms with van der Waals surface area (Å²) in [5.74, 6) is -0.303. The zero-order valence-corrected chi connectivity index (χ0v) is 13.1. The summed E-state index contributed by atoms with van der Waals surface area (Å²) in [5, 5.41) is 3.09. The molecule has 1 aliphatic rings. The van der Waals surface area contributed by atoms with Crippen LogP contribution in [-0.2, 0) is 0 Å². The van der Waals surface area contributed by atoms with Crippen molar-refractivity contribution in [2.24, 2.45) is 11.3 Å². The summed E-state index contributed by atoms with van der Waals surface area (Å²) in [5.41, 5.74) is 6.00. The van der Waals surface area contributed by atoms with E-state index in [1.165, 1.54) is 18.6 Å². The lowest BCUT2D eigenvalue weighted by Crippen LogP contribution is -2.46. The summed E-state index contributed by atoms with van der Waals surface area (Å²) in [4.78, 5) is 12.3. The molecule has 1 aliphatic carbocycles. The second kappa shape index (κ2) is 6.04. The monoisotopic (exact) mass is 292 g/mol. The van der Waals surface area contributed by atoms with Gasteiger partial charge in [-0.2, -0.15) is 0 Å². The van der Waals surface area contributed by atoms with Crippen LogP contribution in [0.1, 0.15) is 56.8 Å². The van der Waals surface area contributed by atoms with E-state index in [4.69, 9.17) is 5.73 Å². The number of nitrogens with two attached hydrogens (primary N) is 1. The van der Waals surface area contributed by atoms with Crippen molar-refractivity contribution in [2.45, 2.75) is 52.5 Å². The Kier molecular flexibility index (Phi) is 4.55. The first kappa shape index (κ1) is 15.8. The molecule has 3 nitrogen and oxygen atoms in total. The van der Waals surface area contributed by atoms with Crippen molar-refractivity contribution in [2.75, 3.05) is 5.73 Å². The van der Waals surface area contributed by atoms with Crippen LogP contribution in [0.4, 0.5) is 10.1 Å². The van der Waals surface area contributed by atoms with Crippen LogP contribution in [0.2, 0.25) is 0 Å². The van der Waals surface area contributed by atoms with Gasteiger partial charge in [0.15, 0.2) is 0 Å². The molecule has 2 rings (SSSR count). The van der Waals surface area contributed by atoms with E-state index in [0.29, 0.717) is 11.5 Å². The summed E-state index contributed by atoms with van der Waals surface area (Å²) < 4.78 is 13.5. The standard InChI is InChI=1S/C17H25FN2O/c1-17(2,3)12-6-4-5-7-15(12)20-16(21)11-8-9-14(19)13(18)10-11/h8-10,12,15H,4-7,19H2,1-3H3,(H,20,21). The molecule has 1 aromatic carbocycles. The lowest BCUT2D eigenvalue weighted by molar-refractivity contribution is 0.0829. The minimum Gasteiger partial charge on any atom is -0.396 e. The van der Waals surface area contributed by atoms with Crippen LogP contribution >= 0.6 is 0 Å². The van der Waals surface area contributed by atoms with Crippen molar-refractivity contribution in [1.82, 2.24) is 5.32 Å². The molecule has 0 aliphatic heterocycles. The summed E-state index contributed by atoms with van der Waals surface area (Å²) in [6.45, 7) is 6.64. The first-order valence-corrected chi connectivity index (χ1v) is 7.65. The van der Waals surface area contributed by atoms with Crippen LogP contribution in [0.25, 0.3) is 0 Å². The number of rotatable bonds is 2. The number of halogens is 1. The number of carbonyl (C=O) groups is 1. The van der Waals surface area contributed by atoms with Crippen molar-refractivity contribution in [3.05, 3.63) is 29.6 Å². The Balaban J connectivity index is 2.11. The smallest absolute Gasteiger partial charge is 0.251 e. The fourth-order valence-corrected chi connectivity index (χ4v) is 3.26. The second-order valence-electron chi connectivity index (χ2n) is 7.07. The summed E-state index contributed by atoms with van der Waals surface area (Å²) in [6.07, 6.45) is 4.47. The van der Waals surface area contributed by atoms with Gasteiger partial charge >= 0.3 is 0 Å². The molecule has 21 heavy (non-hydrogen) atoms. The molecule has 4 heteroatoms. The van der Waals surface area contributed by atoms with Crippen molar-refractivity contribution in [3.63, 3.8) is 0 Å². The maximum atomic E-state index is 13.5. The van der Waals surface area contributed by atoms with Crippen molar-refractivity contribution < 1.29 is 9.18 Å². The van der Waals surface area contributed by atoms with Crippen LogP contribution < -0.4 is 11.1 Å². The summed E-state index contributed by atoms with van der Waals surface area (Å²) in [6, 6.07) is 4.38. The number of amides is 1. The van der Waals surface area contributed by atoms with E-state index in [0.717, 1.165) is 19.3 Å². The predicted molar refractivity (Wildman–Crippen MR) is 83.5 cm³/mol. The highest BCUT2D eigenvalue weighted by molar-refractivity contribution is 5.94. The van der Waals surface area contributed by atoms with Crippen LogP contribution in [0.15, 0.2) is 18.2 Å². The van der Waals surface area contributed by atoms with E-state index in [1.54, 1.807) is 6.07 Å². The molecule has 1 saturated carbocycles. The minimum absolute atomic E-state index is 0.0665. The van der Waals surface area contributed by atoms with E-state index in [-0.39, 0.29) is 23.1 Å². The highest BCUT2D eigenvalue weighted by Gasteiger charge is 2.35. The molecule has 2 unspecified atom stereocenters. The second-order valence-corrected chi connectivity index (χ2v) is 7.07. The molecular formula is C17H25FN2O. The lowest BCUT2D eigenvalue weighted by atomic mass is 9.69. The van der Waals surface area contributed by atoms with Crippen LogP contribution in [0.5, 0.6) is 0 Å². The van der Waals surface area contributed by atoms with E-state index in [9.17, 15) is 9.18 Å². The van der Waals surface area contributed by atoms with Gasteiger partial charge in [0.05, 0.1) is 5.69 Å². The summed E-state index contributed by atoms with van der Waals surface area (Å²) in [7, 11) is 0. The Morgan fingerprint density at radius 1 is 1.29 bits per heavy atom. The van der Waals surface area contributed by atoms with E-state index >= 15 is 0 Å². The van der Waals surface area contributed by atoms with Crippen LogP contribution in [0.3, 0.4) is 0 Å². The van der Waals surface area contributed by atoms with Crippen LogP contribution in [-0.4, -0.2) is 11.9 Å². The predicted octanol–water partition coefficient (Wildman–Crippen LogP) is 3.74. The molecule has 1 fully saturated rings. The maximum absolute atomic E-state index is 13.5. The van der Waals surface area contributed by atoms with Crippen molar-refractivity contribution in [3.8, 4) is 0 Å². The fraction of sp³-hybridized carbons (Fsp3) is 0.588. The highest BCUT2D eigenvalue weighted by atomic mass is 19.1. The van der Waals surface area contributed by atoms with Gasteiger partial charge in [-0.3, -0.25) is 4.79 Å². The molecule has 0 saturated heterocycles. The maximum Gasteiger partial charge on any atom is 0.251 e. The Hall–Kier alpha value is -1.58. The summed E-state index contributed by atoms with van der Waals surface area (Å²) >= 11 is 0. The first-order chi connectivity index (χ1) is 9.79. The SMILES string of the molecule is CC(C)(C)C1CCCCC1NC(=O)c1ccc(N)c(F)c1. The molecule has 2 atom stereocenters. The number of hydrogen-bond acceptors (Lipinski definition) is 2. The fourth-order valence-electron chi connectivity index (χ4n) is 3.26. The molecular weight excluding hydrogens is 267 g/mol. The first-order valence-electron chi connectivity index (χ1n) is 7.65. The molecule has 0 bridgehead atoms. The Bertz CT molecular complexity index is 522. The number of hydrogen-bond donors (Lipinski definition) is 2. The molecule has 1 amide bonds. The van der Waals surface area contributed by atoms with Gasteiger partial charge in [-0.25, -0.2) is 4.39 Å². The number of anilines is 1. The zero-order chi connectivity index (χ0) is 15.6. The molecule has 0 aromatic heterocycles. The van der Waals surface area contributed by atoms with Crippen molar-refractivity contribution >= 4 is 11.6 Å². The zero-order valence-electron chi connectivity index (χ0n) is 13.1. The Morgan fingerprint density at radius 3 is 2.57 bits per heavy atom. The Morgan fingerprint density at radius 2 is 1.95 bits per heavy atom. The van der Waals surface area contributed by atoms with Gasteiger partial charge in [0.1, 0.15) is 5.82 Å². The third kappa shape index (κ3) is 3.74. The van der Waals surface area contributed by atoms with E-state index in [1.807, 2.05) is 0 Å².